The van der Waals surface area contributed by atoms with E-state index in [9.17, 15) is 19.8 Å². The largest absolute Gasteiger partial charge is 0.507 e. The Hall–Kier alpha value is -2.40. The van der Waals surface area contributed by atoms with Crippen LogP contribution in [0.2, 0.25) is 0 Å². The maximum Gasteiger partial charge on any atom is 0.344 e. The van der Waals surface area contributed by atoms with Crippen molar-refractivity contribution in [3.8, 4) is 11.5 Å². The van der Waals surface area contributed by atoms with Crippen LogP contribution in [-0.2, 0) is 0 Å². The number of hydrogen-bond donors (Lipinski definition) is 2. The van der Waals surface area contributed by atoms with Gasteiger partial charge in [0.2, 0.25) is 0 Å². The number of benzene rings is 2. The quantitative estimate of drug-likeness (QED) is 0.207. The SMILES string of the molecule is O=c1oc2ccc(Br)cc2c(O)c1C(c1cc(Br)cs1)c1c(O)c2cc(Br)ccc2oc1=O. The van der Waals surface area contributed by atoms with Crippen LogP contribution in [0.3, 0.4) is 0 Å². The third-order valence-corrected chi connectivity index (χ3v) is 7.94. The van der Waals surface area contributed by atoms with E-state index in [0.717, 1.165) is 0 Å². The molecule has 5 aromatic rings. The summed E-state index contributed by atoms with van der Waals surface area (Å²) in [5, 5.41) is 24.7. The lowest BCUT2D eigenvalue weighted by molar-refractivity contribution is 0.442. The third-order valence-electron chi connectivity index (χ3n) is 5.20. The van der Waals surface area contributed by atoms with Gasteiger partial charge in [0.1, 0.15) is 22.7 Å². The van der Waals surface area contributed by atoms with Gasteiger partial charge in [0.15, 0.2) is 0 Å². The van der Waals surface area contributed by atoms with Crippen LogP contribution in [0.25, 0.3) is 21.9 Å². The van der Waals surface area contributed by atoms with Crippen LogP contribution in [0, 0.1) is 0 Å². The summed E-state index contributed by atoms with van der Waals surface area (Å²) < 4.78 is 13.0. The molecule has 0 aliphatic carbocycles. The predicted octanol–water partition coefficient (Wildman–Crippen LogP) is 6.84. The highest BCUT2D eigenvalue weighted by molar-refractivity contribution is 9.11. The molecule has 0 bridgehead atoms. The predicted molar refractivity (Wildman–Crippen MR) is 137 cm³/mol. The first-order valence-corrected chi connectivity index (χ1v) is 12.6. The van der Waals surface area contributed by atoms with Gasteiger partial charge in [-0.1, -0.05) is 31.9 Å². The molecule has 0 spiro atoms. The zero-order valence-corrected chi connectivity index (χ0v) is 21.8. The summed E-state index contributed by atoms with van der Waals surface area (Å²) >= 11 is 11.3. The average molecular weight is 655 g/mol. The van der Waals surface area contributed by atoms with Gasteiger partial charge in [-0.15, -0.1) is 11.3 Å². The maximum absolute atomic E-state index is 13.1. The van der Waals surface area contributed by atoms with Crippen molar-refractivity contribution in [3.05, 3.63) is 98.1 Å². The molecule has 0 aliphatic rings. The van der Waals surface area contributed by atoms with E-state index < -0.39 is 17.2 Å². The van der Waals surface area contributed by atoms with Gasteiger partial charge in [-0.2, -0.15) is 0 Å². The van der Waals surface area contributed by atoms with Gasteiger partial charge in [0.25, 0.3) is 0 Å². The van der Waals surface area contributed by atoms with Gasteiger partial charge in [0.05, 0.1) is 27.8 Å². The first-order valence-electron chi connectivity index (χ1n) is 9.39. The Morgan fingerprint density at radius 3 is 1.64 bits per heavy atom. The number of rotatable bonds is 3. The summed E-state index contributed by atoms with van der Waals surface area (Å²) in [4.78, 5) is 26.7. The fourth-order valence-corrected chi connectivity index (χ4v) is 6.05. The molecule has 2 N–H and O–H groups in total. The number of hydrogen-bond acceptors (Lipinski definition) is 7. The summed E-state index contributed by atoms with van der Waals surface area (Å²) in [5.41, 5.74) is -1.63. The highest BCUT2D eigenvalue weighted by Gasteiger charge is 2.33. The van der Waals surface area contributed by atoms with E-state index in [1.54, 1.807) is 47.8 Å². The topological polar surface area (TPSA) is 101 Å². The van der Waals surface area contributed by atoms with Crippen LogP contribution in [0.15, 0.2) is 79.7 Å². The van der Waals surface area contributed by atoms with Crippen molar-refractivity contribution in [2.45, 2.75) is 5.92 Å². The van der Waals surface area contributed by atoms with E-state index in [4.69, 9.17) is 8.83 Å². The first kappa shape index (κ1) is 22.4. The van der Waals surface area contributed by atoms with Crippen LogP contribution in [0.1, 0.15) is 21.9 Å². The molecule has 5 rings (SSSR count). The number of fused-ring (bicyclic) bond motifs is 2. The molecule has 0 saturated heterocycles. The standard InChI is InChI=1S/C23H11Br3O6S/c24-9-1-3-14-12(5-9)20(27)18(22(29)31-14)17(16-7-11(26)8-33-16)19-21(28)13-6-10(25)2-4-15(13)32-23(19)30/h1-8,17,27-28H. The minimum Gasteiger partial charge on any atom is -0.507 e. The number of thiophene rings is 1. The van der Waals surface area contributed by atoms with Crippen LogP contribution in [0.5, 0.6) is 11.5 Å². The molecule has 0 unspecified atom stereocenters. The average Bonchev–Trinajstić information content (AvgIpc) is 3.19. The Kier molecular flexibility index (Phi) is 5.72. The first-order chi connectivity index (χ1) is 15.7. The van der Waals surface area contributed by atoms with Gasteiger partial charge in [-0.25, -0.2) is 9.59 Å². The van der Waals surface area contributed by atoms with Crippen LogP contribution < -0.4 is 11.3 Å². The molecule has 3 aromatic heterocycles. The second kappa shape index (κ2) is 8.43. The molecule has 0 aliphatic heterocycles. The van der Waals surface area contributed by atoms with Crippen molar-refractivity contribution in [2.75, 3.05) is 0 Å². The molecule has 3 heterocycles. The molecule has 0 atom stereocenters. The number of halogens is 3. The third kappa shape index (κ3) is 3.84. The summed E-state index contributed by atoms with van der Waals surface area (Å²) in [5.74, 6) is -1.82. The zero-order valence-electron chi connectivity index (χ0n) is 16.3. The van der Waals surface area contributed by atoms with Gasteiger partial charge >= 0.3 is 11.3 Å². The van der Waals surface area contributed by atoms with Gasteiger partial charge in [0, 0.05) is 23.7 Å². The van der Waals surface area contributed by atoms with Gasteiger partial charge < -0.3 is 19.0 Å². The Morgan fingerprint density at radius 2 is 1.21 bits per heavy atom. The smallest absolute Gasteiger partial charge is 0.344 e. The van der Waals surface area contributed by atoms with E-state index in [0.29, 0.717) is 18.3 Å². The van der Waals surface area contributed by atoms with Crippen molar-refractivity contribution in [2.24, 2.45) is 0 Å². The molecule has 6 nitrogen and oxygen atoms in total. The molecular formula is C23H11Br3O6S. The minimum absolute atomic E-state index is 0.174. The fourth-order valence-electron chi connectivity index (χ4n) is 3.76. The Bertz CT molecular complexity index is 1580. The highest BCUT2D eigenvalue weighted by atomic mass is 79.9. The van der Waals surface area contributed by atoms with Gasteiger partial charge in [-0.05, 0) is 58.4 Å². The molecule has 0 radical (unpaired) electrons. The second-order valence-electron chi connectivity index (χ2n) is 7.18. The van der Waals surface area contributed by atoms with E-state index in [1.165, 1.54) is 11.3 Å². The second-order valence-corrected chi connectivity index (χ2v) is 10.9. The minimum atomic E-state index is -1.14. The zero-order chi connectivity index (χ0) is 23.4. The molecule has 0 saturated carbocycles. The molecule has 0 amide bonds. The molecule has 10 heteroatoms. The Morgan fingerprint density at radius 1 is 0.727 bits per heavy atom. The Balaban J connectivity index is 1.91. The molecule has 0 fully saturated rings. The van der Waals surface area contributed by atoms with E-state index >= 15 is 0 Å². The summed E-state index contributed by atoms with van der Waals surface area (Å²) in [7, 11) is 0. The molecule has 2 aromatic carbocycles. The molecule has 33 heavy (non-hydrogen) atoms. The van der Waals surface area contributed by atoms with Crippen LogP contribution >= 0.6 is 59.1 Å². The van der Waals surface area contributed by atoms with Gasteiger partial charge in [-0.3, -0.25) is 0 Å². The van der Waals surface area contributed by atoms with Crippen molar-refractivity contribution in [1.82, 2.24) is 0 Å². The Labute approximate surface area is 214 Å². The lowest BCUT2D eigenvalue weighted by Crippen LogP contribution is -2.20. The van der Waals surface area contributed by atoms with E-state index in [2.05, 4.69) is 47.8 Å². The van der Waals surface area contributed by atoms with Crippen LogP contribution in [0.4, 0.5) is 0 Å². The fraction of sp³-hybridized carbons (Fsp3) is 0.0435. The summed E-state index contributed by atoms with van der Waals surface area (Å²) in [6.45, 7) is 0. The molecular weight excluding hydrogens is 644 g/mol. The number of aromatic hydroxyl groups is 2. The maximum atomic E-state index is 13.1. The monoisotopic (exact) mass is 652 g/mol. The lowest BCUT2D eigenvalue weighted by atomic mass is 9.89. The van der Waals surface area contributed by atoms with Crippen molar-refractivity contribution < 1.29 is 19.0 Å². The summed E-state index contributed by atoms with van der Waals surface area (Å²) in [6.07, 6.45) is 0. The van der Waals surface area contributed by atoms with E-state index in [-0.39, 0.29) is 44.6 Å². The van der Waals surface area contributed by atoms with E-state index in [1.807, 2.05) is 0 Å². The molecule has 166 valence electrons. The van der Waals surface area contributed by atoms with Crippen LogP contribution in [-0.4, -0.2) is 10.2 Å². The normalized spacial score (nSPS) is 11.6. The highest BCUT2D eigenvalue weighted by Crippen LogP contribution is 2.44. The van der Waals surface area contributed by atoms with Crippen molar-refractivity contribution >= 4 is 81.1 Å². The summed E-state index contributed by atoms with van der Waals surface area (Å²) in [6, 6.07) is 11.4. The van der Waals surface area contributed by atoms with Crippen molar-refractivity contribution in [1.29, 1.82) is 0 Å². The van der Waals surface area contributed by atoms with Crippen molar-refractivity contribution in [3.63, 3.8) is 0 Å². The lowest BCUT2D eigenvalue weighted by Gasteiger charge is -2.18.